The second-order valence-corrected chi connectivity index (χ2v) is 10.7. The predicted octanol–water partition coefficient (Wildman–Crippen LogP) is 3.34. The van der Waals surface area contributed by atoms with Crippen LogP contribution in [0.15, 0.2) is 58.5 Å². The van der Waals surface area contributed by atoms with Gasteiger partial charge in [0.1, 0.15) is 11.5 Å². The van der Waals surface area contributed by atoms with Crippen LogP contribution in [-0.2, 0) is 14.8 Å². The number of ether oxygens (including phenoxy) is 1. The molecular weight excluding hydrogens is 442 g/mol. The Balaban J connectivity index is 1.56. The summed E-state index contributed by atoms with van der Waals surface area (Å²) in [7, 11) is -3.64. The highest BCUT2D eigenvalue weighted by molar-refractivity contribution is 7.89. The van der Waals surface area contributed by atoms with Crippen molar-refractivity contribution in [1.82, 2.24) is 4.31 Å². The number of carboxylic acids is 1. The molecule has 0 aliphatic carbocycles. The van der Waals surface area contributed by atoms with Gasteiger partial charge in [-0.2, -0.15) is 4.31 Å². The number of rotatable bonds is 7. The molecule has 2 heterocycles. The Bertz CT molecular complexity index is 1220. The highest BCUT2D eigenvalue weighted by atomic mass is 32.2. The molecule has 1 unspecified atom stereocenters. The summed E-state index contributed by atoms with van der Waals surface area (Å²) in [5.41, 5.74) is 2.09. The lowest BCUT2D eigenvalue weighted by molar-refractivity contribution is -0.438. The van der Waals surface area contributed by atoms with Gasteiger partial charge in [-0.05, 0) is 50.1 Å². The van der Waals surface area contributed by atoms with Crippen LogP contribution in [0.2, 0.25) is 0 Å². The second-order valence-electron chi connectivity index (χ2n) is 8.73. The fraction of sp³-hybridized carbons (Fsp3) is 0.375. The summed E-state index contributed by atoms with van der Waals surface area (Å²) in [5.74, 6) is -0.298. The summed E-state index contributed by atoms with van der Waals surface area (Å²) in [6, 6.07) is 14.0. The lowest BCUT2D eigenvalue weighted by Gasteiger charge is -2.16. The average Bonchev–Trinajstić information content (AvgIpc) is 3.29. The first-order valence-electron chi connectivity index (χ1n) is 10.9. The molecule has 8 nitrogen and oxygen atoms in total. The van der Waals surface area contributed by atoms with E-state index in [9.17, 15) is 18.3 Å². The molecule has 33 heavy (non-hydrogen) atoms. The summed E-state index contributed by atoms with van der Waals surface area (Å²) in [5, 5.41) is 13.7. The Morgan fingerprint density at radius 2 is 1.91 bits per heavy atom. The van der Waals surface area contributed by atoms with E-state index in [1.165, 1.54) is 4.31 Å². The maximum absolute atomic E-state index is 13.2. The second kappa shape index (κ2) is 9.07. The number of carboxylic acid groups (broad SMARTS) is 1. The molecule has 174 valence electrons. The van der Waals surface area contributed by atoms with Gasteiger partial charge in [-0.15, -0.1) is 0 Å². The Hall–Kier alpha value is -3.04. The van der Waals surface area contributed by atoms with Gasteiger partial charge < -0.3 is 9.84 Å². The standard InChI is InChI=1S/C24H27N3O5S/c1-16(2)32-19-8-10-20(11-9-19)33(30,31)26-13-17(3)18(14-26)15-27-23-7-5-4-6-21(23)22(25-27)12-24(28)29/h4-11,15-18H,12-14H2,1-3H3/p+1/b27-15+/t17-,18?/m1/s1. The number of benzene rings is 2. The van der Waals surface area contributed by atoms with Crippen LogP contribution in [0.5, 0.6) is 5.75 Å². The molecule has 0 bridgehead atoms. The molecule has 0 saturated carbocycles. The maximum atomic E-state index is 13.2. The maximum Gasteiger partial charge on any atom is 0.309 e. The number of fused-ring (bicyclic) bond motifs is 1. The van der Waals surface area contributed by atoms with Gasteiger partial charge in [0, 0.05) is 24.3 Å². The number of nitrogens with zero attached hydrogens (tertiary/aromatic N) is 3. The van der Waals surface area contributed by atoms with Crippen LogP contribution in [0.25, 0.3) is 0 Å². The molecular formula is C24H28N3O5S+. The third-order valence-corrected chi connectivity index (χ3v) is 7.66. The molecule has 2 aromatic carbocycles. The van der Waals surface area contributed by atoms with Crippen LogP contribution in [0, 0.1) is 11.8 Å². The van der Waals surface area contributed by atoms with Gasteiger partial charge in [0.15, 0.2) is 6.21 Å². The Morgan fingerprint density at radius 1 is 1.21 bits per heavy atom. The number of hydrogen-bond acceptors (Lipinski definition) is 5. The molecule has 4 rings (SSSR count). The van der Waals surface area contributed by atoms with E-state index in [-0.39, 0.29) is 29.3 Å². The van der Waals surface area contributed by atoms with Crippen molar-refractivity contribution in [2.24, 2.45) is 16.9 Å². The van der Waals surface area contributed by atoms with Crippen molar-refractivity contribution in [1.29, 1.82) is 0 Å². The minimum Gasteiger partial charge on any atom is -0.491 e. The summed E-state index contributed by atoms with van der Waals surface area (Å²) < 4.78 is 35.3. The van der Waals surface area contributed by atoms with Crippen LogP contribution in [0.3, 0.4) is 0 Å². The fourth-order valence-electron chi connectivity index (χ4n) is 4.17. The van der Waals surface area contributed by atoms with Gasteiger partial charge in [0.05, 0.1) is 28.9 Å². The van der Waals surface area contributed by atoms with Crippen molar-refractivity contribution < 1.29 is 27.7 Å². The zero-order valence-corrected chi connectivity index (χ0v) is 19.7. The number of carbonyl (C=O) groups is 1. The summed E-state index contributed by atoms with van der Waals surface area (Å²) in [6.07, 6.45) is 1.75. The monoisotopic (exact) mass is 470 g/mol. The van der Waals surface area contributed by atoms with Crippen LogP contribution in [0.4, 0.5) is 5.69 Å². The van der Waals surface area contributed by atoms with Crippen molar-refractivity contribution >= 4 is 33.6 Å². The number of sulfonamides is 1. The van der Waals surface area contributed by atoms with E-state index in [0.717, 1.165) is 11.3 Å². The Kier molecular flexibility index (Phi) is 6.36. The summed E-state index contributed by atoms with van der Waals surface area (Å²) in [6.45, 7) is 6.58. The highest BCUT2D eigenvalue weighted by Gasteiger charge is 2.40. The molecule has 1 fully saturated rings. The molecule has 1 saturated heterocycles. The Labute approximate surface area is 193 Å². The Morgan fingerprint density at radius 3 is 2.58 bits per heavy atom. The van der Waals surface area contributed by atoms with Gasteiger partial charge in [-0.3, -0.25) is 4.79 Å². The molecule has 2 aromatic rings. The predicted molar refractivity (Wildman–Crippen MR) is 125 cm³/mol. The SMILES string of the molecule is CC(C)Oc1ccc(S(=O)(=O)N2CC(/C=[N+]3/N=C(CC(=O)O)c4ccccc43)[C@H](C)C2)cc1. The van der Waals surface area contributed by atoms with Crippen molar-refractivity contribution in [2.75, 3.05) is 13.1 Å². The molecule has 0 spiro atoms. The first-order chi connectivity index (χ1) is 15.6. The van der Waals surface area contributed by atoms with Gasteiger partial charge in [-0.25, -0.2) is 8.42 Å². The van der Waals surface area contributed by atoms with E-state index < -0.39 is 16.0 Å². The van der Waals surface area contributed by atoms with E-state index in [1.807, 2.05) is 51.3 Å². The number of hydrogen-bond donors (Lipinski definition) is 1. The van der Waals surface area contributed by atoms with E-state index in [1.54, 1.807) is 28.9 Å². The van der Waals surface area contributed by atoms with Crippen LogP contribution in [0.1, 0.15) is 32.8 Å². The molecule has 2 atom stereocenters. The average molecular weight is 471 g/mol. The highest BCUT2D eigenvalue weighted by Crippen LogP contribution is 2.31. The summed E-state index contributed by atoms with van der Waals surface area (Å²) in [4.78, 5) is 11.5. The minimum atomic E-state index is -3.64. The quantitative estimate of drug-likeness (QED) is 0.626. The van der Waals surface area contributed by atoms with Crippen molar-refractivity contribution in [3.63, 3.8) is 0 Å². The zero-order valence-electron chi connectivity index (χ0n) is 18.9. The third-order valence-electron chi connectivity index (χ3n) is 5.81. The normalized spacial score (nSPS) is 21.9. The lowest BCUT2D eigenvalue weighted by Crippen LogP contribution is -2.29. The molecule has 0 aromatic heterocycles. The van der Waals surface area contributed by atoms with Crippen LogP contribution < -0.4 is 4.74 Å². The molecule has 2 aliphatic heterocycles. The zero-order chi connectivity index (χ0) is 23.8. The van der Waals surface area contributed by atoms with Gasteiger partial charge >= 0.3 is 5.97 Å². The fourth-order valence-corrected chi connectivity index (χ4v) is 5.75. The lowest BCUT2D eigenvalue weighted by atomic mass is 9.99. The number of para-hydroxylation sites is 1. The topological polar surface area (TPSA) is 99.3 Å². The van der Waals surface area contributed by atoms with E-state index in [4.69, 9.17) is 4.74 Å². The van der Waals surface area contributed by atoms with Crippen LogP contribution >= 0.6 is 0 Å². The van der Waals surface area contributed by atoms with E-state index in [0.29, 0.717) is 24.6 Å². The third kappa shape index (κ3) is 4.84. The number of aliphatic carboxylic acids is 1. The van der Waals surface area contributed by atoms with Crippen molar-refractivity contribution in [3.8, 4) is 5.75 Å². The number of hydrazone groups is 1. The van der Waals surface area contributed by atoms with Gasteiger partial charge in [0.2, 0.25) is 15.7 Å². The molecule has 9 heteroatoms. The smallest absolute Gasteiger partial charge is 0.309 e. The molecule has 0 amide bonds. The first-order valence-corrected chi connectivity index (χ1v) is 12.4. The molecule has 2 aliphatic rings. The van der Waals surface area contributed by atoms with E-state index in [2.05, 4.69) is 5.10 Å². The largest absolute Gasteiger partial charge is 0.491 e. The molecule has 1 N–H and O–H groups in total. The van der Waals surface area contributed by atoms with Crippen LogP contribution in [-0.4, -0.2) is 59.6 Å². The van der Waals surface area contributed by atoms with Crippen molar-refractivity contribution in [3.05, 3.63) is 54.1 Å². The van der Waals surface area contributed by atoms with E-state index >= 15 is 0 Å². The molecule has 0 radical (unpaired) electrons. The first kappa shape index (κ1) is 23.1. The van der Waals surface area contributed by atoms with Crippen molar-refractivity contribution in [2.45, 2.75) is 38.2 Å². The minimum absolute atomic E-state index is 0.0116. The van der Waals surface area contributed by atoms with Gasteiger partial charge in [-0.1, -0.05) is 23.7 Å². The summed E-state index contributed by atoms with van der Waals surface area (Å²) >= 11 is 0. The van der Waals surface area contributed by atoms with Gasteiger partial charge in [0.25, 0.3) is 0 Å².